The zero-order valence-corrected chi connectivity index (χ0v) is 25.1. The first-order valence-electron chi connectivity index (χ1n) is 15.1. The van der Waals surface area contributed by atoms with Gasteiger partial charge in [0.2, 0.25) is 0 Å². The van der Waals surface area contributed by atoms with Gasteiger partial charge < -0.3 is 26.1 Å². The van der Waals surface area contributed by atoms with Crippen molar-refractivity contribution in [2.45, 2.75) is 65.6 Å². The molecule has 1 aromatic carbocycles. The van der Waals surface area contributed by atoms with Crippen molar-refractivity contribution < 1.29 is 9.53 Å². The van der Waals surface area contributed by atoms with Crippen LogP contribution in [0.4, 0.5) is 5.69 Å². The van der Waals surface area contributed by atoms with E-state index in [1.54, 1.807) is 0 Å². The largest absolute Gasteiger partial charge is 0.385 e. The number of nitrogens with two attached hydrogens (primary N) is 1. The molecule has 3 aromatic rings. The molecule has 42 heavy (non-hydrogen) atoms. The summed E-state index contributed by atoms with van der Waals surface area (Å²) in [6, 6.07) is 10.4. The fourth-order valence-corrected chi connectivity index (χ4v) is 5.99. The van der Waals surface area contributed by atoms with Crippen molar-refractivity contribution in [3.63, 3.8) is 0 Å². The standard InChI is InChI=1S/C33H44N6O3/c1-21-14-22(2)38-33(41)30(21)19-37-32(40)29-15-26(16-31(23(29)3)36-17-24-4-7-27(34)8-5-24)25-6-9-28(35-18-25)20-39-10-12-42-13-11-39/h6,9,14-16,18,24,27,36H,4-5,7-8,10-13,17,19-20,34H2,1-3H3,(H,37,40)(H,38,41). The second-order valence-corrected chi connectivity index (χ2v) is 11.9. The highest BCUT2D eigenvalue weighted by atomic mass is 16.5. The fourth-order valence-electron chi connectivity index (χ4n) is 5.99. The van der Waals surface area contributed by atoms with Gasteiger partial charge in [0, 0.05) is 73.0 Å². The Labute approximate surface area is 248 Å². The van der Waals surface area contributed by atoms with Crippen LogP contribution in [0.15, 0.2) is 41.3 Å². The second kappa shape index (κ2) is 13.6. The summed E-state index contributed by atoms with van der Waals surface area (Å²) in [4.78, 5) is 36.1. The highest BCUT2D eigenvalue weighted by Gasteiger charge is 2.21. The van der Waals surface area contributed by atoms with Crippen LogP contribution in [0, 0.1) is 26.7 Å². The highest BCUT2D eigenvalue weighted by Crippen LogP contribution is 2.30. The topological polar surface area (TPSA) is 125 Å². The predicted octanol–water partition coefficient (Wildman–Crippen LogP) is 4.05. The molecule has 5 N–H and O–H groups in total. The number of aromatic nitrogens is 2. The summed E-state index contributed by atoms with van der Waals surface area (Å²) >= 11 is 0. The maximum absolute atomic E-state index is 13.6. The van der Waals surface area contributed by atoms with Gasteiger partial charge in [-0.2, -0.15) is 0 Å². The number of morpholine rings is 1. The van der Waals surface area contributed by atoms with Crippen molar-refractivity contribution in [1.82, 2.24) is 20.2 Å². The molecule has 224 valence electrons. The number of ether oxygens (including phenoxy) is 1. The van der Waals surface area contributed by atoms with Gasteiger partial charge >= 0.3 is 0 Å². The zero-order chi connectivity index (χ0) is 29.6. The van der Waals surface area contributed by atoms with Crippen LogP contribution >= 0.6 is 0 Å². The van der Waals surface area contributed by atoms with Crippen molar-refractivity contribution >= 4 is 11.6 Å². The molecule has 3 heterocycles. The Bertz CT molecular complexity index is 1440. The Morgan fingerprint density at radius 3 is 2.52 bits per heavy atom. The number of aryl methyl sites for hydroxylation is 2. The first-order chi connectivity index (χ1) is 20.3. The number of rotatable bonds is 9. The van der Waals surface area contributed by atoms with Gasteiger partial charge in [-0.15, -0.1) is 0 Å². The molecular weight excluding hydrogens is 528 g/mol. The van der Waals surface area contributed by atoms with Gasteiger partial charge in [-0.25, -0.2) is 0 Å². The Hall–Kier alpha value is -3.53. The zero-order valence-electron chi connectivity index (χ0n) is 25.1. The molecule has 9 nitrogen and oxygen atoms in total. The monoisotopic (exact) mass is 572 g/mol. The van der Waals surface area contributed by atoms with Gasteiger partial charge in [0.15, 0.2) is 0 Å². The molecule has 1 amide bonds. The van der Waals surface area contributed by atoms with Gasteiger partial charge in [-0.3, -0.25) is 19.5 Å². The third-order valence-corrected chi connectivity index (χ3v) is 8.69. The predicted molar refractivity (Wildman–Crippen MR) is 167 cm³/mol. The summed E-state index contributed by atoms with van der Waals surface area (Å²) < 4.78 is 5.46. The minimum atomic E-state index is -0.211. The van der Waals surface area contributed by atoms with E-state index >= 15 is 0 Å². The number of H-pyrrole nitrogens is 1. The van der Waals surface area contributed by atoms with E-state index in [0.29, 0.717) is 23.1 Å². The molecule has 0 unspecified atom stereocenters. The van der Waals surface area contributed by atoms with E-state index in [4.69, 9.17) is 15.5 Å². The summed E-state index contributed by atoms with van der Waals surface area (Å²) in [6.45, 7) is 10.9. The molecule has 2 fully saturated rings. The number of nitrogens with zero attached hydrogens (tertiary/aromatic N) is 2. The number of nitrogens with one attached hydrogen (secondary N) is 3. The number of anilines is 1. The average molecular weight is 573 g/mol. The van der Waals surface area contributed by atoms with E-state index in [1.807, 2.05) is 39.1 Å². The van der Waals surface area contributed by atoms with Crippen LogP contribution < -0.4 is 21.9 Å². The average Bonchev–Trinajstić information content (AvgIpc) is 2.98. The number of carbonyl (C=O) groups is 1. The lowest BCUT2D eigenvalue weighted by Crippen LogP contribution is -2.35. The lowest BCUT2D eigenvalue weighted by atomic mass is 9.86. The van der Waals surface area contributed by atoms with Crippen LogP contribution in [-0.2, 0) is 17.8 Å². The lowest BCUT2D eigenvalue weighted by Gasteiger charge is -2.27. The maximum atomic E-state index is 13.6. The molecule has 1 saturated carbocycles. The smallest absolute Gasteiger partial charge is 0.253 e. The van der Waals surface area contributed by atoms with E-state index in [2.05, 4.69) is 38.7 Å². The third-order valence-electron chi connectivity index (χ3n) is 8.69. The van der Waals surface area contributed by atoms with Gasteiger partial charge in [-0.05, 0) is 93.3 Å². The summed E-state index contributed by atoms with van der Waals surface area (Å²) in [5.41, 5.74) is 13.5. The minimum absolute atomic E-state index is 0.160. The quantitative estimate of drug-likeness (QED) is 0.305. The molecule has 2 aliphatic rings. The summed E-state index contributed by atoms with van der Waals surface area (Å²) in [7, 11) is 0. The Kier molecular flexibility index (Phi) is 9.72. The summed E-state index contributed by atoms with van der Waals surface area (Å²) in [5, 5.41) is 6.65. The molecule has 1 aliphatic carbocycles. The molecule has 0 radical (unpaired) electrons. The van der Waals surface area contributed by atoms with Gasteiger partial charge in [0.25, 0.3) is 11.5 Å². The second-order valence-electron chi connectivity index (χ2n) is 11.9. The van der Waals surface area contributed by atoms with E-state index in [0.717, 1.165) is 104 Å². The molecule has 0 bridgehead atoms. The molecule has 5 rings (SSSR count). The Balaban J connectivity index is 1.38. The van der Waals surface area contributed by atoms with Gasteiger partial charge in [0.1, 0.15) is 0 Å². The summed E-state index contributed by atoms with van der Waals surface area (Å²) in [5.74, 6) is 0.347. The number of hydrogen-bond donors (Lipinski definition) is 4. The maximum Gasteiger partial charge on any atom is 0.253 e. The normalized spacial score (nSPS) is 19.4. The Morgan fingerprint density at radius 2 is 1.83 bits per heavy atom. The van der Waals surface area contributed by atoms with Crippen LogP contribution in [0.5, 0.6) is 0 Å². The third kappa shape index (κ3) is 7.45. The molecule has 0 atom stereocenters. The van der Waals surface area contributed by atoms with Crippen LogP contribution in [0.25, 0.3) is 11.1 Å². The number of aromatic amines is 1. The van der Waals surface area contributed by atoms with E-state index in [9.17, 15) is 9.59 Å². The van der Waals surface area contributed by atoms with E-state index < -0.39 is 0 Å². The van der Waals surface area contributed by atoms with Crippen molar-refractivity contribution in [2.24, 2.45) is 11.7 Å². The van der Waals surface area contributed by atoms with Gasteiger partial charge in [0.05, 0.1) is 18.9 Å². The first kappa shape index (κ1) is 29.9. The number of carbonyl (C=O) groups excluding carboxylic acids is 1. The molecule has 0 spiro atoms. The first-order valence-corrected chi connectivity index (χ1v) is 15.1. The molecule has 1 aliphatic heterocycles. The highest BCUT2D eigenvalue weighted by molar-refractivity contribution is 5.98. The molecule has 9 heteroatoms. The van der Waals surface area contributed by atoms with Crippen LogP contribution in [0.2, 0.25) is 0 Å². The number of benzene rings is 1. The van der Waals surface area contributed by atoms with E-state index in [-0.39, 0.29) is 18.0 Å². The molecule has 2 aromatic heterocycles. The molecular formula is C33H44N6O3. The van der Waals surface area contributed by atoms with Crippen molar-refractivity contribution in [1.29, 1.82) is 0 Å². The van der Waals surface area contributed by atoms with Crippen molar-refractivity contribution in [2.75, 3.05) is 38.2 Å². The van der Waals surface area contributed by atoms with Crippen molar-refractivity contribution in [3.8, 4) is 11.1 Å². The summed E-state index contributed by atoms with van der Waals surface area (Å²) in [6.07, 6.45) is 6.22. The molecule has 1 saturated heterocycles. The minimum Gasteiger partial charge on any atom is -0.385 e. The SMILES string of the molecule is Cc1cc(C)c(CNC(=O)c2cc(-c3ccc(CN4CCOCC4)nc3)cc(NCC3CCC(N)CC3)c2C)c(=O)[nH]1. The number of amides is 1. The van der Waals surface area contributed by atoms with E-state index in [1.165, 1.54) is 0 Å². The fraction of sp³-hybridized carbons (Fsp3) is 0.485. The lowest BCUT2D eigenvalue weighted by molar-refractivity contribution is 0.0336. The number of pyridine rings is 2. The van der Waals surface area contributed by atoms with Crippen LogP contribution in [0.3, 0.4) is 0 Å². The van der Waals surface area contributed by atoms with Crippen LogP contribution in [0.1, 0.15) is 64.1 Å². The Morgan fingerprint density at radius 1 is 1.07 bits per heavy atom. The van der Waals surface area contributed by atoms with Crippen molar-refractivity contribution in [3.05, 3.63) is 80.5 Å². The van der Waals surface area contributed by atoms with Gasteiger partial charge in [-0.1, -0.05) is 6.07 Å². The number of hydrogen-bond acceptors (Lipinski definition) is 7. The van der Waals surface area contributed by atoms with Crippen LogP contribution in [-0.4, -0.2) is 59.7 Å².